The van der Waals surface area contributed by atoms with Crippen LogP contribution in [0.1, 0.15) is 46.5 Å². The van der Waals surface area contributed by atoms with Crippen molar-refractivity contribution in [1.29, 1.82) is 0 Å². The number of aromatic amines is 1. The number of imidazole rings is 1. The minimum absolute atomic E-state index is 0.00842. The summed E-state index contributed by atoms with van der Waals surface area (Å²) in [6.45, 7) is 5.53. The first-order chi connectivity index (χ1) is 12.2. The molecule has 0 radical (unpaired) electrons. The quantitative estimate of drug-likeness (QED) is 0.829. The number of aromatic nitrogens is 2. The summed E-state index contributed by atoms with van der Waals surface area (Å²) in [6, 6.07) is 5.10. The smallest absolute Gasteiger partial charge is 0.294 e. The lowest BCUT2D eigenvalue weighted by atomic mass is 9.87. The molecular formula is C18H26FN3O3S. The van der Waals surface area contributed by atoms with Crippen LogP contribution in [0.3, 0.4) is 0 Å². The predicted molar refractivity (Wildman–Crippen MR) is 99.1 cm³/mol. The highest BCUT2D eigenvalue weighted by molar-refractivity contribution is 7.90. The van der Waals surface area contributed by atoms with Crippen molar-refractivity contribution in [3.8, 4) is 6.01 Å². The van der Waals surface area contributed by atoms with Gasteiger partial charge in [0.2, 0.25) is 10.0 Å². The van der Waals surface area contributed by atoms with Gasteiger partial charge in [0, 0.05) is 6.54 Å². The summed E-state index contributed by atoms with van der Waals surface area (Å²) in [7, 11) is -3.31. The minimum atomic E-state index is -3.31. The zero-order valence-electron chi connectivity index (χ0n) is 15.4. The monoisotopic (exact) mass is 383 g/mol. The zero-order chi connectivity index (χ0) is 18.9. The predicted octanol–water partition coefficient (Wildman–Crippen LogP) is 3.36. The number of benzene rings is 1. The van der Waals surface area contributed by atoms with E-state index in [4.69, 9.17) is 4.74 Å². The average Bonchev–Trinajstić information content (AvgIpc) is 2.97. The third-order valence-electron chi connectivity index (χ3n) is 4.88. The summed E-state index contributed by atoms with van der Waals surface area (Å²) in [5.74, 6) is -0.0662. The highest BCUT2D eigenvalue weighted by Crippen LogP contribution is 2.28. The van der Waals surface area contributed by atoms with Crippen molar-refractivity contribution in [2.45, 2.75) is 57.3 Å². The molecule has 3 rings (SSSR count). The molecule has 1 saturated carbocycles. The van der Waals surface area contributed by atoms with E-state index in [9.17, 15) is 12.8 Å². The SMILES string of the molecule is CC(C)(C)S(=O)(=O)NCC1CCC(Oc2nc3c(F)cccc3[nH]2)CC1. The lowest BCUT2D eigenvalue weighted by Crippen LogP contribution is -2.42. The molecule has 1 aromatic carbocycles. The molecule has 0 unspecified atom stereocenters. The summed E-state index contributed by atoms with van der Waals surface area (Å²) < 4.78 is 45.8. The number of hydrogen-bond donors (Lipinski definition) is 2. The fourth-order valence-corrected chi connectivity index (χ4v) is 3.97. The Balaban J connectivity index is 1.51. The minimum Gasteiger partial charge on any atom is -0.461 e. The van der Waals surface area contributed by atoms with Crippen molar-refractivity contribution < 1.29 is 17.5 Å². The number of nitrogens with one attached hydrogen (secondary N) is 2. The highest BCUT2D eigenvalue weighted by Gasteiger charge is 2.30. The molecule has 1 aromatic heterocycles. The maximum absolute atomic E-state index is 13.7. The van der Waals surface area contributed by atoms with E-state index in [1.165, 1.54) is 6.07 Å². The Hall–Kier alpha value is -1.67. The molecule has 1 fully saturated rings. The third-order valence-corrected chi connectivity index (χ3v) is 7.04. The Morgan fingerprint density at radius 3 is 2.58 bits per heavy atom. The van der Waals surface area contributed by atoms with Gasteiger partial charge in [-0.15, -0.1) is 0 Å². The first-order valence-electron chi connectivity index (χ1n) is 8.96. The first kappa shape index (κ1) is 19.1. The van der Waals surface area contributed by atoms with Crippen LogP contribution in [0, 0.1) is 11.7 Å². The van der Waals surface area contributed by atoms with Crippen molar-refractivity contribution in [3.63, 3.8) is 0 Å². The second-order valence-corrected chi connectivity index (χ2v) is 10.4. The van der Waals surface area contributed by atoms with E-state index in [1.54, 1.807) is 32.9 Å². The summed E-state index contributed by atoms with van der Waals surface area (Å²) in [5.41, 5.74) is 0.901. The van der Waals surface area contributed by atoms with Crippen LogP contribution in [0.25, 0.3) is 11.0 Å². The Morgan fingerprint density at radius 2 is 1.96 bits per heavy atom. The number of H-pyrrole nitrogens is 1. The fourth-order valence-electron chi connectivity index (χ4n) is 3.09. The third kappa shape index (κ3) is 4.17. The second-order valence-electron chi connectivity index (χ2n) is 7.90. The summed E-state index contributed by atoms with van der Waals surface area (Å²) in [4.78, 5) is 7.17. The van der Waals surface area contributed by atoms with Crippen LogP contribution >= 0.6 is 0 Å². The van der Waals surface area contributed by atoms with Crippen molar-refractivity contribution in [2.24, 2.45) is 5.92 Å². The van der Waals surface area contributed by atoms with Gasteiger partial charge >= 0.3 is 0 Å². The van der Waals surface area contributed by atoms with Gasteiger partial charge in [0.15, 0.2) is 5.82 Å². The molecule has 2 N–H and O–H groups in total. The molecule has 0 bridgehead atoms. The molecule has 0 saturated heterocycles. The largest absolute Gasteiger partial charge is 0.461 e. The van der Waals surface area contributed by atoms with Crippen LogP contribution in [-0.2, 0) is 10.0 Å². The molecule has 1 aliphatic carbocycles. The van der Waals surface area contributed by atoms with E-state index in [0.29, 0.717) is 24.0 Å². The molecule has 1 aliphatic rings. The van der Waals surface area contributed by atoms with Crippen LogP contribution in [0.5, 0.6) is 6.01 Å². The standard InChI is InChI=1S/C18H26FN3O3S/c1-18(2,3)26(23,24)20-11-12-7-9-13(10-8-12)25-17-21-15-6-4-5-14(19)16(15)22-17/h4-6,12-13,20H,7-11H2,1-3H3,(H,21,22). The molecule has 26 heavy (non-hydrogen) atoms. The van der Waals surface area contributed by atoms with Crippen LogP contribution in [0.4, 0.5) is 4.39 Å². The number of halogens is 1. The van der Waals surface area contributed by atoms with Crippen LogP contribution in [0.15, 0.2) is 18.2 Å². The van der Waals surface area contributed by atoms with E-state index < -0.39 is 14.8 Å². The molecule has 6 nitrogen and oxygen atoms in total. The number of ether oxygens (including phenoxy) is 1. The Bertz CT molecular complexity index is 865. The molecule has 0 amide bonds. The average molecular weight is 383 g/mol. The normalized spacial score (nSPS) is 21.8. The van der Waals surface area contributed by atoms with Crippen molar-refractivity contribution in [3.05, 3.63) is 24.0 Å². The maximum Gasteiger partial charge on any atom is 0.294 e. The van der Waals surface area contributed by atoms with Gasteiger partial charge in [-0.05, 0) is 64.5 Å². The molecule has 0 aliphatic heterocycles. The first-order valence-corrected chi connectivity index (χ1v) is 10.4. The molecule has 0 spiro atoms. The number of rotatable bonds is 5. The Kier molecular flexibility index (Phi) is 5.25. The van der Waals surface area contributed by atoms with Gasteiger partial charge in [0.05, 0.1) is 10.3 Å². The summed E-state index contributed by atoms with van der Waals surface area (Å²) >= 11 is 0. The van der Waals surface area contributed by atoms with Crippen molar-refractivity contribution in [2.75, 3.05) is 6.54 Å². The van der Waals surface area contributed by atoms with E-state index in [-0.39, 0.29) is 17.4 Å². The van der Waals surface area contributed by atoms with E-state index in [0.717, 1.165) is 25.7 Å². The Labute approximate surface area is 153 Å². The van der Waals surface area contributed by atoms with Gasteiger partial charge in [0.1, 0.15) is 11.6 Å². The number of nitrogens with zero attached hydrogens (tertiary/aromatic N) is 1. The number of sulfonamides is 1. The molecular weight excluding hydrogens is 357 g/mol. The van der Waals surface area contributed by atoms with Gasteiger partial charge in [-0.1, -0.05) is 6.07 Å². The van der Waals surface area contributed by atoms with Crippen LogP contribution in [0.2, 0.25) is 0 Å². The van der Waals surface area contributed by atoms with Crippen molar-refractivity contribution >= 4 is 21.1 Å². The lowest BCUT2D eigenvalue weighted by Gasteiger charge is -2.29. The van der Waals surface area contributed by atoms with Gasteiger partial charge in [-0.2, -0.15) is 4.98 Å². The van der Waals surface area contributed by atoms with Crippen LogP contribution in [-0.4, -0.2) is 35.8 Å². The van der Waals surface area contributed by atoms with E-state index in [1.807, 2.05) is 0 Å². The molecule has 1 heterocycles. The number of hydrogen-bond acceptors (Lipinski definition) is 4. The highest BCUT2D eigenvalue weighted by atomic mass is 32.2. The number of fused-ring (bicyclic) bond motifs is 1. The summed E-state index contributed by atoms with van der Waals surface area (Å²) in [6.07, 6.45) is 3.41. The van der Waals surface area contributed by atoms with Gasteiger partial charge < -0.3 is 9.72 Å². The van der Waals surface area contributed by atoms with Gasteiger partial charge in [-0.25, -0.2) is 17.5 Å². The topological polar surface area (TPSA) is 84.1 Å². The zero-order valence-corrected chi connectivity index (χ0v) is 16.2. The molecule has 144 valence electrons. The van der Waals surface area contributed by atoms with Gasteiger partial charge in [0.25, 0.3) is 6.01 Å². The maximum atomic E-state index is 13.7. The molecule has 0 atom stereocenters. The fraction of sp³-hybridized carbons (Fsp3) is 0.611. The summed E-state index contributed by atoms with van der Waals surface area (Å²) in [5, 5.41) is 0. The second kappa shape index (κ2) is 7.15. The number of para-hydroxylation sites is 1. The molecule has 2 aromatic rings. The molecule has 8 heteroatoms. The van der Waals surface area contributed by atoms with E-state index in [2.05, 4.69) is 14.7 Å². The Morgan fingerprint density at radius 1 is 1.27 bits per heavy atom. The van der Waals surface area contributed by atoms with Gasteiger partial charge in [-0.3, -0.25) is 0 Å². The van der Waals surface area contributed by atoms with E-state index >= 15 is 0 Å². The van der Waals surface area contributed by atoms with Crippen molar-refractivity contribution in [1.82, 2.24) is 14.7 Å². The lowest BCUT2D eigenvalue weighted by molar-refractivity contribution is 0.122. The van der Waals surface area contributed by atoms with Crippen LogP contribution < -0.4 is 9.46 Å².